The first-order valence-electron chi connectivity index (χ1n) is 9.16. The number of benzene rings is 2. The Hall–Kier alpha value is -2.67. The summed E-state index contributed by atoms with van der Waals surface area (Å²) in [6.07, 6.45) is 1.92. The number of amides is 1. The van der Waals surface area contributed by atoms with Crippen LogP contribution in [0.15, 0.2) is 58.2 Å². The first-order chi connectivity index (χ1) is 13.6. The Kier molecular flexibility index (Phi) is 5.43. The average Bonchev–Trinajstić information content (AvgIpc) is 3.42. The summed E-state index contributed by atoms with van der Waals surface area (Å²) in [6, 6.07) is 14.6. The van der Waals surface area contributed by atoms with Crippen LogP contribution in [-0.2, 0) is 11.3 Å². The van der Waals surface area contributed by atoms with E-state index in [2.05, 4.69) is 10.2 Å². The molecule has 1 amide bonds. The molecule has 0 saturated heterocycles. The summed E-state index contributed by atoms with van der Waals surface area (Å²) in [6.45, 7) is 2.28. The molecule has 0 radical (unpaired) electrons. The molecule has 1 saturated carbocycles. The van der Waals surface area contributed by atoms with Crippen molar-refractivity contribution in [2.24, 2.45) is 0 Å². The fourth-order valence-corrected chi connectivity index (χ4v) is 3.64. The van der Waals surface area contributed by atoms with Gasteiger partial charge in [-0.15, -0.1) is 10.2 Å². The summed E-state index contributed by atoms with van der Waals surface area (Å²) in [4.78, 5) is 14.5. The van der Waals surface area contributed by atoms with Gasteiger partial charge in [0.2, 0.25) is 11.8 Å². The fourth-order valence-electron chi connectivity index (χ4n) is 2.99. The highest BCUT2D eigenvalue weighted by atomic mass is 32.2. The number of nitrogens with zero attached hydrogens (tertiary/aromatic N) is 3. The SMILES string of the molecule is Cc1cccc(-c2nnc(SCC(=O)N(Cc3ccccc3F)C3CC3)o2)c1. The van der Waals surface area contributed by atoms with Gasteiger partial charge in [-0.05, 0) is 38.0 Å². The minimum atomic E-state index is -0.284. The maximum Gasteiger partial charge on any atom is 0.277 e. The molecule has 1 aliphatic carbocycles. The van der Waals surface area contributed by atoms with Crippen LogP contribution in [-0.4, -0.2) is 32.8 Å². The summed E-state index contributed by atoms with van der Waals surface area (Å²) >= 11 is 1.21. The van der Waals surface area contributed by atoms with Gasteiger partial charge in [-0.25, -0.2) is 4.39 Å². The first kappa shape index (κ1) is 18.7. The lowest BCUT2D eigenvalue weighted by Gasteiger charge is -2.22. The molecular formula is C21H20FN3O2S. The van der Waals surface area contributed by atoms with Crippen LogP contribution < -0.4 is 0 Å². The minimum absolute atomic E-state index is 0.0499. The third-order valence-corrected chi connectivity index (χ3v) is 5.40. The van der Waals surface area contributed by atoms with Crippen molar-refractivity contribution in [2.75, 3.05) is 5.75 Å². The molecule has 28 heavy (non-hydrogen) atoms. The third kappa shape index (κ3) is 4.42. The highest BCUT2D eigenvalue weighted by Crippen LogP contribution is 2.30. The van der Waals surface area contributed by atoms with Crippen molar-refractivity contribution in [1.82, 2.24) is 15.1 Å². The van der Waals surface area contributed by atoms with Crippen molar-refractivity contribution >= 4 is 17.7 Å². The first-order valence-corrected chi connectivity index (χ1v) is 10.1. The summed E-state index contributed by atoms with van der Waals surface area (Å²) < 4.78 is 19.6. The maximum absolute atomic E-state index is 14.0. The van der Waals surface area contributed by atoms with Crippen molar-refractivity contribution in [1.29, 1.82) is 0 Å². The van der Waals surface area contributed by atoms with Crippen molar-refractivity contribution in [2.45, 2.75) is 37.6 Å². The molecule has 0 atom stereocenters. The Morgan fingerprint density at radius 3 is 2.79 bits per heavy atom. The summed E-state index contributed by atoms with van der Waals surface area (Å²) in [5, 5.41) is 8.45. The van der Waals surface area contributed by atoms with Gasteiger partial charge in [0.1, 0.15) is 5.82 Å². The number of aromatic nitrogens is 2. The van der Waals surface area contributed by atoms with Gasteiger partial charge in [-0.1, -0.05) is 47.7 Å². The van der Waals surface area contributed by atoms with Crippen molar-refractivity contribution in [3.8, 4) is 11.5 Å². The largest absolute Gasteiger partial charge is 0.411 e. The van der Waals surface area contributed by atoms with Crippen molar-refractivity contribution < 1.29 is 13.6 Å². The standard InChI is InChI=1S/C21H20FN3O2S/c1-14-5-4-7-15(11-14)20-23-24-21(27-20)28-13-19(26)25(17-9-10-17)12-16-6-2-3-8-18(16)22/h2-8,11,17H,9-10,12-13H2,1H3. The Morgan fingerprint density at radius 2 is 2.04 bits per heavy atom. The van der Waals surface area contributed by atoms with E-state index in [4.69, 9.17) is 4.42 Å². The van der Waals surface area contributed by atoms with Crippen LogP contribution in [0.2, 0.25) is 0 Å². The number of halogens is 1. The number of thioether (sulfide) groups is 1. The molecule has 1 fully saturated rings. The lowest BCUT2D eigenvalue weighted by atomic mass is 10.1. The second-order valence-corrected chi connectivity index (χ2v) is 7.80. The van der Waals surface area contributed by atoms with Crippen LogP contribution in [0.1, 0.15) is 24.0 Å². The molecule has 7 heteroatoms. The molecule has 2 aromatic carbocycles. The predicted molar refractivity (Wildman–Crippen MR) is 105 cm³/mol. The van der Waals surface area contributed by atoms with Gasteiger partial charge in [0.25, 0.3) is 5.22 Å². The van der Waals surface area contributed by atoms with Gasteiger partial charge >= 0.3 is 0 Å². The monoisotopic (exact) mass is 397 g/mol. The van der Waals surface area contributed by atoms with Crippen LogP contribution in [0.25, 0.3) is 11.5 Å². The number of hydrogen-bond donors (Lipinski definition) is 0. The van der Waals surface area contributed by atoms with Crippen LogP contribution in [0.5, 0.6) is 0 Å². The minimum Gasteiger partial charge on any atom is -0.411 e. The lowest BCUT2D eigenvalue weighted by Crippen LogP contribution is -2.34. The molecule has 0 N–H and O–H groups in total. The van der Waals surface area contributed by atoms with E-state index in [1.165, 1.54) is 17.8 Å². The van der Waals surface area contributed by atoms with Crippen LogP contribution >= 0.6 is 11.8 Å². The van der Waals surface area contributed by atoms with Gasteiger partial charge in [-0.2, -0.15) is 0 Å². The van der Waals surface area contributed by atoms with E-state index in [1.54, 1.807) is 23.1 Å². The molecule has 0 unspecified atom stereocenters. The second-order valence-electron chi connectivity index (χ2n) is 6.88. The molecule has 0 aliphatic heterocycles. The van der Waals surface area contributed by atoms with Gasteiger partial charge in [0.15, 0.2) is 0 Å². The van der Waals surface area contributed by atoms with Crippen molar-refractivity contribution in [3.05, 3.63) is 65.5 Å². The zero-order valence-electron chi connectivity index (χ0n) is 15.5. The second kappa shape index (κ2) is 8.14. The molecule has 0 bridgehead atoms. The predicted octanol–water partition coefficient (Wildman–Crippen LogP) is 4.47. The van der Waals surface area contributed by atoms with Gasteiger partial charge in [0.05, 0.1) is 5.75 Å². The van der Waals surface area contributed by atoms with Gasteiger partial charge in [0, 0.05) is 23.7 Å². The quantitative estimate of drug-likeness (QED) is 0.551. The molecule has 1 aromatic heterocycles. The maximum atomic E-state index is 14.0. The Balaban J connectivity index is 1.40. The average molecular weight is 397 g/mol. The van der Waals surface area contributed by atoms with Crippen LogP contribution in [0.4, 0.5) is 4.39 Å². The smallest absolute Gasteiger partial charge is 0.277 e. The highest BCUT2D eigenvalue weighted by molar-refractivity contribution is 7.99. The van der Waals surface area contributed by atoms with E-state index in [1.807, 2.05) is 31.2 Å². The van der Waals surface area contributed by atoms with E-state index in [0.29, 0.717) is 16.7 Å². The topological polar surface area (TPSA) is 59.2 Å². The molecule has 4 rings (SSSR count). The Bertz CT molecular complexity index is 987. The summed E-state index contributed by atoms with van der Waals surface area (Å²) in [7, 11) is 0. The number of aryl methyl sites for hydroxylation is 1. The third-order valence-electron chi connectivity index (χ3n) is 4.60. The summed E-state index contributed by atoms with van der Waals surface area (Å²) in [5.41, 5.74) is 2.49. The number of hydrogen-bond acceptors (Lipinski definition) is 5. The Labute approximate surface area is 167 Å². The normalized spacial score (nSPS) is 13.5. The molecule has 5 nitrogen and oxygen atoms in total. The number of carbonyl (C=O) groups is 1. The van der Waals surface area contributed by atoms with Crippen molar-refractivity contribution in [3.63, 3.8) is 0 Å². The van der Waals surface area contributed by atoms with E-state index in [0.717, 1.165) is 24.0 Å². The van der Waals surface area contributed by atoms with E-state index in [-0.39, 0.29) is 30.1 Å². The highest BCUT2D eigenvalue weighted by Gasteiger charge is 2.33. The zero-order chi connectivity index (χ0) is 19.5. The van der Waals surface area contributed by atoms with E-state index in [9.17, 15) is 9.18 Å². The molecule has 1 aliphatic rings. The molecule has 0 spiro atoms. The number of rotatable bonds is 7. The Morgan fingerprint density at radius 1 is 1.21 bits per heavy atom. The van der Waals surface area contributed by atoms with Gasteiger partial charge < -0.3 is 9.32 Å². The van der Waals surface area contributed by atoms with Gasteiger partial charge in [-0.3, -0.25) is 4.79 Å². The molecular weight excluding hydrogens is 377 g/mol. The van der Waals surface area contributed by atoms with Crippen LogP contribution in [0.3, 0.4) is 0 Å². The molecule has 144 valence electrons. The van der Waals surface area contributed by atoms with E-state index >= 15 is 0 Å². The summed E-state index contributed by atoms with van der Waals surface area (Å²) in [5.74, 6) is 0.281. The zero-order valence-corrected chi connectivity index (χ0v) is 16.3. The van der Waals surface area contributed by atoms with E-state index < -0.39 is 0 Å². The molecule has 1 heterocycles. The lowest BCUT2D eigenvalue weighted by molar-refractivity contribution is -0.129. The fraction of sp³-hybridized carbons (Fsp3) is 0.286. The molecule has 3 aromatic rings. The van der Waals surface area contributed by atoms with Crippen LogP contribution in [0, 0.1) is 12.7 Å². The number of carbonyl (C=O) groups excluding carboxylic acids is 1.